The standard InChI is InChI=1S/C11H20/c1-4-7(2)10-9-6-5-8(3)11(9)10/h7-11H,4-6H2,1-3H3. The van der Waals surface area contributed by atoms with E-state index >= 15 is 0 Å². The molecule has 2 saturated carbocycles. The van der Waals surface area contributed by atoms with Crippen molar-refractivity contribution in [3.8, 4) is 0 Å². The second-order valence-electron chi connectivity index (χ2n) is 4.76. The van der Waals surface area contributed by atoms with Crippen LogP contribution in [0.3, 0.4) is 0 Å². The second-order valence-corrected chi connectivity index (χ2v) is 4.76. The fourth-order valence-corrected chi connectivity index (χ4v) is 3.34. The van der Waals surface area contributed by atoms with Gasteiger partial charge in [-0.1, -0.05) is 33.6 Å². The molecule has 0 nitrogen and oxygen atoms in total. The number of rotatable bonds is 2. The minimum absolute atomic E-state index is 1.01. The maximum Gasteiger partial charge on any atom is -0.0323 e. The molecule has 0 amide bonds. The van der Waals surface area contributed by atoms with Gasteiger partial charge in [-0.3, -0.25) is 0 Å². The van der Waals surface area contributed by atoms with Gasteiger partial charge in [0.05, 0.1) is 0 Å². The van der Waals surface area contributed by atoms with Crippen LogP contribution in [-0.4, -0.2) is 0 Å². The molecule has 2 rings (SSSR count). The highest BCUT2D eigenvalue weighted by atomic mass is 14.6. The van der Waals surface area contributed by atoms with Crippen LogP contribution in [-0.2, 0) is 0 Å². The lowest BCUT2D eigenvalue weighted by Gasteiger charge is -2.13. The van der Waals surface area contributed by atoms with Crippen molar-refractivity contribution < 1.29 is 0 Å². The van der Waals surface area contributed by atoms with E-state index in [0.29, 0.717) is 0 Å². The van der Waals surface area contributed by atoms with Gasteiger partial charge in [0.25, 0.3) is 0 Å². The lowest BCUT2D eigenvalue weighted by Crippen LogP contribution is -2.04. The van der Waals surface area contributed by atoms with Gasteiger partial charge in [-0.2, -0.15) is 0 Å². The molecule has 0 spiro atoms. The van der Waals surface area contributed by atoms with Crippen LogP contribution in [0.1, 0.15) is 40.0 Å². The maximum absolute atomic E-state index is 2.45. The van der Waals surface area contributed by atoms with Crippen molar-refractivity contribution in [3.63, 3.8) is 0 Å². The monoisotopic (exact) mass is 152 g/mol. The zero-order valence-corrected chi connectivity index (χ0v) is 8.01. The van der Waals surface area contributed by atoms with E-state index in [1.54, 1.807) is 6.42 Å². The fraction of sp³-hybridized carbons (Fsp3) is 1.00. The summed E-state index contributed by atoms with van der Waals surface area (Å²) in [6.45, 7) is 7.23. The minimum Gasteiger partial charge on any atom is -0.0651 e. The Bertz CT molecular complexity index is 150. The Morgan fingerprint density at radius 3 is 2.55 bits per heavy atom. The van der Waals surface area contributed by atoms with Crippen molar-refractivity contribution >= 4 is 0 Å². The van der Waals surface area contributed by atoms with Crippen LogP contribution >= 0.6 is 0 Å². The third-order valence-electron chi connectivity index (χ3n) is 4.21. The van der Waals surface area contributed by atoms with Crippen LogP contribution in [0.5, 0.6) is 0 Å². The van der Waals surface area contributed by atoms with Gasteiger partial charge in [-0.25, -0.2) is 0 Å². The first-order valence-corrected chi connectivity index (χ1v) is 5.25. The molecule has 0 N–H and O–H groups in total. The molecule has 0 heterocycles. The molecule has 11 heavy (non-hydrogen) atoms. The van der Waals surface area contributed by atoms with Crippen LogP contribution in [0.4, 0.5) is 0 Å². The Labute approximate surface area is 70.4 Å². The third-order valence-corrected chi connectivity index (χ3v) is 4.21. The molecule has 0 aromatic carbocycles. The predicted octanol–water partition coefficient (Wildman–Crippen LogP) is 3.32. The van der Waals surface area contributed by atoms with E-state index in [4.69, 9.17) is 0 Å². The van der Waals surface area contributed by atoms with Crippen LogP contribution in [0.25, 0.3) is 0 Å². The summed E-state index contributed by atoms with van der Waals surface area (Å²) < 4.78 is 0. The molecule has 0 bridgehead atoms. The zero-order valence-electron chi connectivity index (χ0n) is 8.01. The van der Waals surface area contributed by atoms with Crippen LogP contribution < -0.4 is 0 Å². The van der Waals surface area contributed by atoms with Crippen molar-refractivity contribution in [1.29, 1.82) is 0 Å². The molecule has 0 heteroatoms. The molecule has 5 atom stereocenters. The van der Waals surface area contributed by atoms with Crippen molar-refractivity contribution in [2.75, 3.05) is 0 Å². The first-order valence-electron chi connectivity index (χ1n) is 5.25. The summed E-state index contributed by atoms with van der Waals surface area (Å²) >= 11 is 0. The van der Waals surface area contributed by atoms with E-state index in [0.717, 1.165) is 29.6 Å². The van der Waals surface area contributed by atoms with E-state index in [1.165, 1.54) is 12.8 Å². The quantitative estimate of drug-likeness (QED) is 0.569. The molecule has 2 fully saturated rings. The van der Waals surface area contributed by atoms with Crippen LogP contribution in [0.15, 0.2) is 0 Å². The molecule has 0 radical (unpaired) electrons. The van der Waals surface area contributed by atoms with Gasteiger partial charge in [0.15, 0.2) is 0 Å². The van der Waals surface area contributed by atoms with Gasteiger partial charge < -0.3 is 0 Å². The maximum atomic E-state index is 2.45. The van der Waals surface area contributed by atoms with Gasteiger partial charge in [0.1, 0.15) is 0 Å². The Hall–Kier alpha value is 0. The van der Waals surface area contributed by atoms with E-state index in [-0.39, 0.29) is 0 Å². The first kappa shape index (κ1) is 7.64. The van der Waals surface area contributed by atoms with Gasteiger partial charge in [-0.15, -0.1) is 0 Å². The molecule has 2 aliphatic carbocycles. The lowest BCUT2D eigenvalue weighted by molar-refractivity contribution is 0.370. The van der Waals surface area contributed by atoms with Gasteiger partial charge in [0.2, 0.25) is 0 Å². The van der Waals surface area contributed by atoms with E-state index in [9.17, 15) is 0 Å². The highest BCUT2D eigenvalue weighted by Crippen LogP contribution is 2.63. The Kier molecular flexibility index (Phi) is 1.74. The Morgan fingerprint density at radius 2 is 2.09 bits per heavy atom. The number of hydrogen-bond acceptors (Lipinski definition) is 0. The SMILES string of the molecule is CCC(C)C1C2CCC(C)C21. The summed E-state index contributed by atoms with van der Waals surface area (Å²) in [6, 6.07) is 0. The molecule has 0 aromatic rings. The van der Waals surface area contributed by atoms with E-state index in [2.05, 4.69) is 20.8 Å². The van der Waals surface area contributed by atoms with Gasteiger partial charge in [0, 0.05) is 0 Å². The summed E-state index contributed by atoms with van der Waals surface area (Å²) in [6.07, 6.45) is 4.45. The van der Waals surface area contributed by atoms with Gasteiger partial charge in [-0.05, 0) is 36.0 Å². The molecule has 2 aliphatic rings. The van der Waals surface area contributed by atoms with Crippen LogP contribution in [0, 0.1) is 29.6 Å². The second kappa shape index (κ2) is 2.50. The van der Waals surface area contributed by atoms with Crippen molar-refractivity contribution in [1.82, 2.24) is 0 Å². The molecule has 0 aromatic heterocycles. The summed E-state index contributed by atoms with van der Waals surface area (Å²) in [5, 5.41) is 0. The summed E-state index contributed by atoms with van der Waals surface area (Å²) in [5.74, 6) is 5.49. The number of fused-ring (bicyclic) bond motifs is 1. The van der Waals surface area contributed by atoms with Crippen molar-refractivity contribution in [2.24, 2.45) is 29.6 Å². The third kappa shape index (κ3) is 1.02. The van der Waals surface area contributed by atoms with Gasteiger partial charge >= 0.3 is 0 Å². The largest absolute Gasteiger partial charge is 0.0651 e. The summed E-state index contributed by atoms with van der Waals surface area (Å²) in [4.78, 5) is 0. The molecular formula is C11H20. The predicted molar refractivity (Wildman–Crippen MR) is 48.3 cm³/mol. The highest BCUT2D eigenvalue weighted by Gasteiger charge is 2.57. The number of hydrogen-bond donors (Lipinski definition) is 0. The zero-order chi connectivity index (χ0) is 8.01. The lowest BCUT2D eigenvalue weighted by atomic mass is 9.93. The van der Waals surface area contributed by atoms with Crippen molar-refractivity contribution in [2.45, 2.75) is 40.0 Å². The summed E-state index contributed by atoms with van der Waals surface area (Å²) in [5.41, 5.74) is 0. The molecule has 64 valence electrons. The van der Waals surface area contributed by atoms with E-state index < -0.39 is 0 Å². The van der Waals surface area contributed by atoms with Crippen molar-refractivity contribution in [3.05, 3.63) is 0 Å². The minimum atomic E-state index is 1.01. The Morgan fingerprint density at radius 1 is 1.36 bits per heavy atom. The fourth-order valence-electron chi connectivity index (χ4n) is 3.34. The first-order chi connectivity index (χ1) is 5.25. The highest BCUT2D eigenvalue weighted by molar-refractivity contribution is 5.05. The molecule has 0 saturated heterocycles. The van der Waals surface area contributed by atoms with E-state index in [1.807, 2.05) is 0 Å². The molecule has 0 aliphatic heterocycles. The smallest absolute Gasteiger partial charge is 0.0323 e. The van der Waals surface area contributed by atoms with Crippen LogP contribution in [0.2, 0.25) is 0 Å². The molecule has 5 unspecified atom stereocenters. The average molecular weight is 152 g/mol. The topological polar surface area (TPSA) is 0 Å². The normalized spacial score (nSPS) is 50.5. The summed E-state index contributed by atoms with van der Waals surface area (Å²) in [7, 11) is 0. The molecular weight excluding hydrogens is 132 g/mol. The average Bonchev–Trinajstić information content (AvgIpc) is 2.63. The Balaban J connectivity index is 1.93.